The molecule has 1 amide bonds. The molecule has 1 fully saturated rings. The fourth-order valence-electron chi connectivity index (χ4n) is 5.94. The summed E-state index contributed by atoms with van der Waals surface area (Å²) in [5, 5.41) is 34.2. The van der Waals surface area contributed by atoms with Crippen molar-refractivity contribution in [3.05, 3.63) is 48.7 Å². The molecule has 1 aromatic heterocycles. The molecule has 258 valence electrons. The number of methoxy groups -OCH3 is 3. The Morgan fingerprint density at radius 2 is 1.67 bits per heavy atom. The molecule has 0 radical (unpaired) electrons. The maximum absolute atomic E-state index is 12.8. The van der Waals surface area contributed by atoms with E-state index in [4.69, 9.17) is 23.7 Å². The van der Waals surface area contributed by atoms with Gasteiger partial charge in [-0.2, -0.15) is 0 Å². The smallest absolute Gasteiger partial charge is 0.452 e. The molecule has 1 aliphatic carbocycles. The Hall–Kier alpha value is -4.44. The zero-order valence-corrected chi connectivity index (χ0v) is 29.0. The number of rotatable bonds is 13. The largest absolute Gasteiger partial charge is 0.504 e. The first kappa shape index (κ1) is 34.4. The van der Waals surface area contributed by atoms with Crippen molar-refractivity contribution < 1.29 is 38.7 Å². The molecule has 3 aromatic rings. The van der Waals surface area contributed by atoms with Crippen LogP contribution in [0, 0.1) is 0 Å². The number of morpholine rings is 1. The number of azo groups is 1. The van der Waals surface area contributed by atoms with Crippen LogP contribution in [0.25, 0.3) is 32.8 Å². The van der Waals surface area contributed by atoms with Crippen LogP contribution in [0.1, 0.15) is 6.42 Å². The molecule has 2 aromatic carbocycles. The van der Waals surface area contributed by atoms with Gasteiger partial charge < -0.3 is 38.5 Å². The lowest BCUT2D eigenvalue weighted by Crippen LogP contribution is -2.37. The maximum Gasteiger partial charge on any atom is 0.452 e. The number of pyridine rings is 2. The van der Waals surface area contributed by atoms with Crippen molar-refractivity contribution in [2.24, 2.45) is 10.2 Å². The average molecular weight is 708 g/mol. The zero-order valence-electron chi connectivity index (χ0n) is 27.4. The third-order valence-corrected chi connectivity index (χ3v) is 10.5. The topological polar surface area (TPSA) is 149 Å². The summed E-state index contributed by atoms with van der Waals surface area (Å²) in [5.41, 5.74) is 1.55. The summed E-state index contributed by atoms with van der Waals surface area (Å²) in [6.07, 6.45) is 1.60. The minimum Gasteiger partial charge on any atom is -0.504 e. The predicted octanol–water partition coefficient (Wildman–Crippen LogP) is 7.11. The highest BCUT2D eigenvalue weighted by atomic mass is 33.1. The summed E-state index contributed by atoms with van der Waals surface area (Å²) in [6.45, 7) is 4.46. The van der Waals surface area contributed by atoms with E-state index in [-0.39, 0.29) is 24.0 Å². The van der Waals surface area contributed by atoms with E-state index in [1.54, 1.807) is 24.4 Å². The Morgan fingerprint density at radius 1 is 0.939 bits per heavy atom. The summed E-state index contributed by atoms with van der Waals surface area (Å²) in [6, 6.07) is 12.4. The number of hydrogen-bond donors (Lipinski definition) is 2. The Labute approximate surface area is 290 Å². The quantitative estimate of drug-likeness (QED) is 0.0729. The molecule has 2 N–H and O–H groups in total. The van der Waals surface area contributed by atoms with Crippen LogP contribution in [0.2, 0.25) is 0 Å². The van der Waals surface area contributed by atoms with Gasteiger partial charge >= 0.3 is 6.09 Å². The van der Waals surface area contributed by atoms with Crippen LogP contribution in [-0.2, 0) is 16.0 Å². The number of hydrogen-bond acceptors (Lipinski definition) is 13. The molecule has 0 spiro atoms. The van der Waals surface area contributed by atoms with Crippen molar-refractivity contribution in [3.63, 3.8) is 0 Å². The van der Waals surface area contributed by atoms with Crippen molar-refractivity contribution in [3.8, 4) is 40.1 Å². The predicted molar refractivity (Wildman–Crippen MR) is 189 cm³/mol. The number of aromatic hydroxyl groups is 2. The van der Waals surface area contributed by atoms with Crippen molar-refractivity contribution in [1.29, 1.82) is 0 Å². The molecule has 0 bridgehead atoms. The number of carbonyl (C=O) groups excluding carboxylic acids is 1. The van der Waals surface area contributed by atoms with E-state index in [1.165, 1.54) is 49.0 Å². The summed E-state index contributed by atoms with van der Waals surface area (Å²) >= 11 is 0. The van der Waals surface area contributed by atoms with Crippen LogP contribution in [0.4, 0.5) is 10.5 Å². The summed E-state index contributed by atoms with van der Waals surface area (Å²) in [5.74, 6) is 1.55. The zero-order chi connectivity index (χ0) is 34.3. The lowest BCUT2D eigenvalue weighted by molar-refractivity contribution is 0.0369. The number of nitrogens with zero attached hydrogens (tertiary/aromatic N) is 5. The van der Waals surface area contributed by atoms with E-state index in [9.17, 15) is 15.0 Å². The fraction of sp³-hybridized carbons (Fsp3) is 0.353. The molecule has 2 aliphatic heterocycles. The van der Waals surface area contributed by atoms with E-state index in [1.807, 2.05) is 22.8 Å². The van der Waals surface area contributed by atoms with Gasteiger partial charge in [0.1, 0.15) is 17.3 Å². The minimum absolute atomic E-state index is 0.0216. The highest BCUT2D eigenvalue weighted by molar-refractivity contribution is 8.76. The van der Waals surface area contributed by atoms with Gasteiger partial charge in [-0.1, -0.05) is 22.0 Å². The first-order valence-electron chi connectivity index (χ1n) is 15.7. The molecule has 3 heterocycles. The lowest BCUT2D eigenvalue weighted by atomic mass is 10.0. The van der Waals surface area contributed by atoms with Crippen LogP contribution >= 0.6 is 21.6 Å². The van der Waals surface area contributed by atoms with Gasteiger partial charge in [0.2, 0.25) is 0 Å². The number of phenolic OH excluding ortho intramolecular Hbond substituents is 1. The second-order valence-electron chi connectivity index (χ2n) is 11.1. The molecule has 13 nitrogen and oxygen atoms in total. The van der Waals surface area contributed by atoms with Gasteiger partial charge in [-0.15, -0.1) is 5.11 Å². The molecule has 15 heteroatoms. The second kappa shape index (κ2) is 15.8. The van der Waals surface area contributed by atoms with Crippen LogP contribution in [0.3, 0.4) is 0 Å². The molecule has 0 unspecified atom stereocenters. The van der Waals surface area contributed by atoms with E-state index in [0.717, 1.165) is 31.1 Å². The highest BCUT2D eigenvalue weighted by Crippen LogP contribution is 2.54. The molecule has 3 aliphatic rings. The van der Waals surface area contributed by atoms with E-state index in [2.05, 4.69) is 20.1 Å². The number of aromatic nitrogens is 2. The Bertz CT molecular complexity index is 1930. The number of amides is 1. The van der Waals surface area contributed by atoms with Crippen LogP contribution in [0.15, 0.2) is 63.9 Å². The molecule has 1 saturated heterocycles. The van der Waals surface area contributed by atoms with E-state index >= 15 is 0 Å². The SMILES string of the molecule is COc1cc2c3n(CCCN4CCOCC4)c(O)c4cc(OC)c(OC)cc4c-3c(N=NC(=O)OCCSSc3ccccn3)c2cc1O. The molecular weight excluding hydrogens is 671 g/mol. The van der Waals surface area contributed by atoms with Crippen molar-refractivity contribution in [1.82, 2.24) is 14.5 Å². The molecule has 49 heavy (non-hydrogen) atoms. The third kappa shape index (κ3) is 7.44. The van der Waals surface area contributed by atoms with Crippen LogP contribution < -0.4 is 14.2 Å². The second-order valence-corrected chi connectivity index (χ2v) is 13.5. The summed E-state index contributed by atoms with van der Waals surface area (Å²) < 4.78 is 29.4. The average Bonchev–Trinajstić information content (AvgIpc) is 3.44. The van der Waals surface area contributed by atoms with Gasteiger partial charge in [0.25, 0.3) is 0 Å². The Morgan fingerprint density at radius 3 is 2.39 bits per heavy atom. The monoisotopic (exact) mass is 707 g/mol. The number of benzene rings is 2. The van der Waals surface area contributed by atoms with Crippen LogP contribution in [0.5, 0.6) is 28.9 Å². The Kier molecular flexibility index (Phi) is 11.1. The third-order valence-electron chi connectivity index (χ3n) is 8.23. The van der Waals surface area contributed by atoms with Crippen LogP contribution in [-0.4, -0.2) is 97.3 Å². The van der Waals surface area contributed by atoms with Crippen molar-refractivity contribution >= 4 is 54.9 Å². The van der Waals surface area contributed by atoms with E-state index in [0.29, 0.717) is 75.5 Å². The van der Waals surface area contributed by atoms with Gasteiger partial charge in [0, 0.05) is 65.2 Å². The standard InChI is InChI=1S/C34H37N5O8S2/c1-43-26-19-23-22(17-25(26)40)31(36-37-34(42)47-15-16-48-49-29-7-4-5-8-35-29)30-21-18-27(44-2)28(45-3)20-24(21)33(41)39(32(23)30)10-6-9-38-11-13-46-14-12-38/h4-5,7-8,17-20,40-41H,6,9-16H2,1-3H3. The number of carbonyl (C=O) groups is 1. The van der Waals surface area contributed by atoms with E-state index < -0.39 is 6.09 Å². The molecule has 0 atom stereocenters. The molecular formula is C34H37N5O8S2. The molecule has 6 rings (SSSR count). The number of fused-ring (bicyclic) bond motifs is 5. The fourth-order valence-corrected chi connectivity index (χ4v) is 7.65. The molecule has 0 saturated carbocycles. The summed E-state index contributed by atoms with van der Waals surface area (Å²) in [7, 11) is 7.53. The van der Waals surface area contributed by atoms with Crippen molar-refractivity contribution in [2.45, 2.75) is 18.0 Å². The van der Waals surface area contributed by atoms with Gasteiger partial charge in [0.05, 0.1) is 40.2 Å². The number of ether oxygens (including phenoxy) is 5. The van der Waals surface area contributed by atoms with Gasteiger partial charge in [-0.3, -0.25) is 4.90 Å². The van der Waals surface area contributed by atoms with Crippen molar-refractivity contribution in [2.75, 3.05) is 66.5 Å². The summed E-state index contributed by atoms with van der Waals surface area (Å²) in [4.78, 5) is 19.4. The van der Waals surface area contributed by atoms with Gasteiger partial charge in [-0.25, -0.2) is 9.78 Å². The number of phenols is 1. The normalized spacial score (nSPS) is 13.9. The first-order chi connectivity index (χ1) is 23.9. The van der Waals surface area contributed by atoms with Gasteiger partial charge in [0.15, 0.2) is 28.9 Å². The lowest BCUT2D eigenvalue weighted by Gasteiger charge is -2.27. The minimum atomic E-state index is -0.857. The first-order valence-corrected chi connectivity index (χ1v) is 18.0. The van der Waals surface area contributed by atoms with Gasteiger partial charge in [-0.05, 0) is 53.6 Å². The highest BCUT2D eigenvalue weighted by Gasteiger charge is 2.29. The maximum atomic E-state index is 12.8. The Balaban J connectivity index is 1.40.